The molecule has 1 aliphatic carbocycles. The molecule has 2 aliphatic rings. The smallest absolute Gasteiger partial charge is 0.178 e. The maximum absolute atomic E-state index is 12.2. The second kappa shape index (κ2) is 5.74. The molecule has 0 atom stereocenters. The van der Waals surface area contributed by atoms with E-state index in [0.29, 0.717) is 11.8 Å². The average molecular weight is 294 g/mol. The third-order valence-corrected chi connectivity index (χ3v) is 5.30. The van der Waals surface area contributed by atoms with Crippen molar-refractivity contribution in [2.45, 2.75) is 38.7 Å². The molecule has 2 heterocycles. The van der Waals surface area contributed by atoms with E-state index in [0.717, 1.165) is 55.3 Å². The fourth-order valence-electron chi connectivity index (χ4n) is 2.75. The zero-order valence-corrected chi connectivity index (χ0v) is 12.7. The van der Waals surface area contributed by atoms with Crippen LogP contribution >= 0.6 is 11.3 Å². The van der Waals surface area contributed by atoms with Gasteiger partial charge in [0.05, 0.1) is 21.7 Å². The Morgan fingerprint density at radius 3 is 2.70 bits per heavy atom. The number of piperidine rings is 1. The van der Waals surface area contributed by atoms with Crippen molar-refractivity contribution >= 4 is 27.8 Å². The summed E-state index contributed by atoms with van der Waals surface area (Å²) in [6.07, 6.45) is 4.56. The highest BCUT2D eigenvalue weighted by molar-refractivity contribution is 7.18. The minimum atomic E-state index is 0.243. The minimum absolute atomic E-state index is 0.243. The highest BCUT2D eigenvalue weighted by Crippen LogP contribution is 2.40. The van der Waals surface area contributed by atoms with Crippen molar-refractivity contribution in [1.29, 1.82) is 0 Å². The maximum Gasteiger partial charge on any atom is 0.178 e. The van der Waals surface area contributed by atoms with Crippen LogP contribution in [0.2, 0.25) is 0 Å². The fraction of sp³-hybridized carbons (Fsp3) is 0.667. The molecule has 2 fully saturated rings. The summed E-state index contributed by atoms with van der Waals surface area (Å²) in [5.41, 5.74) is 6.69. The van der Waals surface area contributed by atoms with Crippen LogP contribution in [0.4, 0.5) is 10.7 Å². The first-order valence-electron chi connectivity index (χ1n) is 7.49. The van der Waals surface area contributed by atoms with Gasteiger partial charge < -0.3 is 15.4 Å². The number of Topliss-reactive ketones (excluding diaryl/α,β-unsaturated/α-hetero) is 1. The lowest BCUT2D eigenvalue weighted by Crippen LogP contribution is -2.36. The van der Waals surface area contributed by atoms with Crippen LogP contribution in [0.1, 0.15) is 42.3 Å². The summed E-state index contributed by atoms with van der Waals surface area (Å²) < 4.78 is 5.67. The van der Waals surface area contributed by atoms with Crippen molar-refractivity contribution in [1.82, 2.24) is 0 Å². The molecule has 5 heteroatoms. The van der Waals surface area contributed by atoms with Gasteiger partial charge in [0.25, 0.3) is 0 Å². The van der Waals surface area contributed by atoms with Crippen LogP contribution in [-0.4, -0.2) is 31.6 Å². The largest absolute Gasteiger partial charge is 0.397 e. The number of hydrogen-bond acceptors (Lipinski definition) is 5. The first-order valence-corrected chi connectivity index (χ1v) is 8.30. The van der Waals surface area contributed by atoms with Crippen LogP contribution in [0.25, 0.3) is 0 Å². The summed E-state index contributed by atoms with van der Waals surface area (Å²) in [5, 5.41) is 1.14. The molecule has 1 aliphatic heterocycles. The zero-order chi connectivity index (χ0) is 14.1. The summed E-state index contributed by atoms with van der Waals surface area (Å²) in [6.45, 7) is 4.81. The molecule has 0 bridgehead atoms. The van der Waals surface area contributed by atoms with Gasteiger partial charge in [-0.2, -0.15) is 0 Å². The molecule has 0 radical (unpaired) electrons. The molecule has 0 aromatic carbocycles. The van der Waals surface area contributed by atoms with Gasteiger partial charge in [-0.1, -0.05) is 0 Å². The van der Waals surface area contributed by atoms with Crippen LogP contribution in [0.5, 0.6) is 0 Å². The quantitative estimate of drug-likeness (QED) is 0.848. The van der Waals surface area contributed by atoms with Crippen LogP contribution in [0.3, 0.4) is 0 Å². The molecule has 1 saturated carbocycles. The Balaban J connectivity index is 1.66. The zero-order valence-electron chi connectivity index (χ0n) is 11.9. The normalized spacial score (nSPS) is 20.4. The van der Waals surface area contributed by atoms with Crippen molar-refractivity contribution < 1.29 is 9.53 Å². The molecule has 3 rings (SSSR count). The molecular weight excluding hydrogens is 272 g/mol. The predicted octanol–water partition coefficient (Wildman–Crippen LogP) is 2.93. The second-order valence-electron chi connectivity index (χ2n) is 5.65. The second-order valence-corrected chi connectivity index (χ2v) is 6.68. The number of nitrogen functional groups attached to an aromatic ring is 1. The van der Waals surface area contributed by atoms with Gasteiger partial charge in [0, 0.05) is 25.6 Å². The number of rotatable bonds is 5. The minimum Gasteiger partial charge on any atom is -0.397 e. The summed E-state index contributed by atoms with van der Waals surface area (Å²) in [4.78, 5) is 15.3. The Morgan fingerprint density at radius 1 is 1.40 bits per heavy atom. The summed E-state index contributed by atoms with van der Waals surface area (Å²) in [6, 6.07) is 1.97. The highest BCUT2D eigenvalue weighted by Gasteiger charge is 2.33. The van der Waals surface area contributed by atoms with Gasteiger partial charge in [-0.05, 0) is 38.7 Å². The Bertz CT molecular complexity index is 488. The molecule has 2 N–H and O–H groups in total. The number of carbonyl (C=O) groups excluding carboxylic acids is 1. The van der Waals surface area contributed by atoms with Crippen LogP contribution in [-0.2, 0) is 4.74 Å². The van der Waals surface area contributed by atoms with Gasteiger partial charge in [0.15, 0.2) is 5.78 Å². The molecule has 4 nitrogen and oxygen atoms in total. The molecule has 1 aromatic rings. The molecule has 20 heavy (non-hydrogen) atoms. The van der Waals surface area contributed by atoms with Gasteiger partial charge >= 0.3 is 0 Å². The number of carbonyl (C=O) groups is 1. The molecular formula is C15H22N2O2S. The van der Waals surface area contributed by atoms with Crippen LogP contribution < -0.4 is 10.6 Å². The first kappa shape index (κ1) is 13.9. The number of thiophene rings is 1. The number of hydrogen-bond donors (Lipinski definition) is 1. The summed E-state index contributed by atoms with van der Waals surface area (Å²) in [7, 11) is 0. The third kappa shape index (κ3) is 2.83. The van der Waals surface area contributed by atoms with E-state index in [2.05, 4.69) is 4.90 Å². The Morgan fingerprint density at radius 2 is 2.10 bits per heavy atom. The van der Waals surface area contributed by atoms with E-state index in [-0.39, 0.29) is 11.7 Å². The molecule has 0 unspecified atom stereocenters. The van der Waals surface area contributed by atoms with Crippen molar-refractivity contribution in [2.24, 2.45) is 5.92 Å². The van der Waals surface area contributed by atoms with Crippen LogP contribution in [0, 0.1) is 5.92 Å². The van der Waals surface area contributed by atoms with E-state index < -0.39 is 0 Å². The van der Waals surface area contributed by atoms with Gasteiger partial charge in [-0.25, -0.2) is 0 Å². The maximum atomic E-state index is 12.2. The summed E-state index contributed by atoms with van der Waals surface area (Å²) in [5.74, 6) is 0.496. The van der Waals surface area contributed by atoms with E-state index in [1.807, 2.05) is 13.0 Å². The number of ether oxygens (including phenoxy) is 1. The van der Waals surface area contributed by atoms with E-state index in [9.17, 15) is 4.79 Å². The molecule has 110 valence electrons. The number of nitrogens with two attached hydrogens (primary N) is 1. The third-order valence-electron chi connectivity index (χ3n) is 4.08. The topological polar surface area (TPSA) is 55.6 Å². The van der Waals surface area contributed by atoms with Gasteiger partial charge in [-0.15, -0.1) is 11.3 Å². The predicted molar refractivity (Wildman–Crippen MR) is 82.6 cm³/mol. The fourth-order valence-corrected chi connectivity index (χ4v) is 3.90. The summed E-state index contributed by atoms with van der Waals surface area (Å²) >= 11 is 1.57. The standard InChI is InChI=1S/C15H22N2O2S/c1-2-19-11-5-7-17(8-6-11)13-9-12(16)15(20-13)14(18)10-3-4-10/h9-11H,2-8,16H2,1H3. The van der Waals surface area contributed by atoms with E-state index in [1.165, 1.54) is 0 Å². The monoisotopic (exact) mass is 294 g/mol. The Hall–Kier alpha value is -1.07. The lowest BCUT2D eigenvalue weighted by atomic mass is 10.1. The van der Waals surface area contributed by atoms with Crippen molar-refractivity contribution in [3.8, 4) is 0 Å². The van der Waals surface area contributed by atoms with E-state index in [4.69, 9.17) is 10.5 Å². The molecule has 1 saturated heterocycles. The van der Waals surface area contributed by atoms with Crippen molar-refractivity contribution in [3.63, 3.8) is 0 Å². The Kier molecular flexibility index (Phi) is 3.98. The first-order chi connectivity index (χ1) is 9.69. The van der Waals surface area contributed by atoms with Crippen molar-refractivity contribution in [3.05, 3.63) is 10.9 Å². The number of anilines is 2. The number of nitrogens with zero attached hydrogens (tertiary/aromatic N) is 1. The molecule has 1 aromatic heterocycles. The molecule has 0 amide bonds. The van der Waals surface area contributed by atoms with E-state index >= 15 is 0 Å². The van der Waals surface area contributed by atoms with Gasteiger partial charge in [-0.3, -0.25) is 4.79 Å². The van der Waals surface area contributed by atoms with Crippen molar-refractivity contribution in [2.75, 3.05) is 30.3 Å². The van der Waals surface area contributed by atoms with Gasteiger partial charge in [0.1, 0.15) is 0 Å². The SMILES string of the molecule is CCOC1CCN(c2cc(N)c(C(=O)C3CC3)s2)CC1. The lowest BCUT2D eigenvalue weighted by Gasteiger charge is -2.32. The Labute approximate surface area is 123 Å². The lowest BCUT2D eigenvalue weighted by molar-refractivity contribution is 0.0460. The van der Waals surface area contributed by atoms with E-state index in [1.54, 1.807) is 11.3 Å². The molecule has 0 spiro atoms. The number of ketones is 1. The average Bonchev–Trinajstić information content (AvgIpc) is 3.22. The van der Waals surface area contributed by atoms with Crippen LogP contribution in [0.15, 0.2) is 6.07 Å². The highest BCUT2D eigenvalue weighted by atomic mass is 32.1. The van der Waals surface area contributed by atoms with Gasteiger partial charge in [0.2, 0.25) is 0 Å².